The number of unbranched alkanes of at least 4 members (excludes halogenated alkanes) is 2. The van der Waals surface area contributed by atoms with Gasteiger partial charge in [0.15, 0.2) is 9.84 Å². The van der Waals surface area contributed by atoms with Gasteiger partial charge in [0.1, 0.15) is 0 Å². The first-order valence-corrected chi connectivity index (χ1v) is 7.08. The van der Waals surface area contributed by atoms with Crippen LogP contribution in [-0.4, -0.2) is 45.2 Å². The molecule has 0 aliphatic carbocycles. The molecule has 0 atom stereocenters. The molecule has 0 bridgehead atoms. The van der Waals surface area contributed by atoms with Crippen molar-refractivity contribution in [3.63, 3.8) is 0 Å². The zero-order valence-electron chi connectivity index (χ0n) is 9.26. The van der Waals surface area contributed by atoms with E-state index in [-0.39, 0.29) is 9.84 Å². The van der Waals surface area contributed by atoms with E-state index in [9.17, 15) is 0 Å². The van der Waals surface area contributed by atoms with E-state index in [2.05, 4.69) is 23.0 Å². The van der Waals surface area contributed by atoms with E-state index >= 15 is 0 Å². The average molecular weight is 200 g/mol. The van der Waals surface area contributed by atoms with Gasteiger partial charge in [0, 0.05) is 13.1 Å². The van der Waals surface area contributed by atoms with E-state index in [0.717, 1.165) is 0 Å². The smallest absolute Gasteiger partial charge is 0.173 e. The van der Waals surface area contributed by atoms with Crippen molar-refractivity contribution >= 4 is 9.84 Å². The molecule has 0 N–H and O–H groups in total. The molecule has 0 aromatic carbocycles. The van der Waals surface area contributed by atoms with Crippen LogP contribution in [0.5, 0.6) is 0 Å². The molecule has 2 nitrogen and oxygen atoms in total. The molecule has 0 unspecified atom stereocenters. The molecule has 1 saturated heterocycles. The fraction of sp³-hybridized carbons (Fsp3) is 1.00. The second-order valence-electron chi connectivity index (χ2n) is 4.08. The first-order valence-electron chi connectivity index (χ1n) is 5.81. The summed E-state index contributed by atoms with van der Waals surface area (Å²) in [6.07, 6.45) is 5.49. The molecule has 3 heteroatoms. The molecule has 0 amide bonds. The molecule has 0 spiro atoms. The van der Waals surface area contributed by atoms with Gasteiger partial charge in [0.05, 0.1) is 0 Å². The molecule has 1 rings (SSSR count). The standard InChI is InChI=1S/C10H24N2Si/c1-3-5-7-11-9-10-12(13-11)8-6-4-2/h3-10,13H2,1-2H3. The Morgan fingerprint density at radius 2 is 1.38 bits per heavy atom. The lowest BCUT2D eigenvalue weighted by Crippen LogP contribution is -2.31. The van der Waals surface area contributed by atoms with Crippen LogP contribution in [0.25, 0.3) is 0 Å². The van der Waals surface area contributed by atoms with Gasteiger partial charge in [-0.25, -0.2) is 0 Å². The zero-order chi connectivity index (χ0) is 9.52. The highest BCUT2D eigenvalue weighted by molar-refractivity contribution is 6.29. The molecule has 13 heavy (non-hydrogen) atoms. The van der Waals surface area contributed by atoms with Crippen LogP contribution in [0.3, 0.4) is 0 Å². The van der Waals surface area contributed by atoms with Gasteiger partial charge in [0.2, 0.25) is 0 Å². The Hall–Kier alpha value is 0.137. The molecule has 1 fully saturated rings. The van der Waals surface area contributed by atoms with Gasteiger partial charge >= 0.3 is 0 Å². The Morgan fingerprint density at radius 3 is 1.77 bits per heavy atom. The van der Waals surface area contributed by atoms with Crippen molar-refractivity contribution in [2.75, 3.05) is 26.2 Å². The fourth-order valence-electron chi connectivity index (χ4n) is 1.84. The van der Waals surface area contributed by atoms with Gasteiger partial charge in [-0.15, -0.1) is 0 Å². The minimum Gasteiger partial charge on any atom is -0.315 e. The Kier molecular flexibility index (Phi) is 5.67. The van der Waals surface area contributed by atoms with Crippen LogP contribution in [0.4, 0.5) is 0 Å². The van der Waals surface area contributed by atoms with Gasteiger partial charge in [0.25, 0.3) is 0 Å². The summed E-state index contributed by atoms with van der Waals surface area (Å²) >= 11 is 0. The summed E-state index contributed by atoms with van der Waals surface area (Å²) in [4.78, 5) is 0. The summed E-state index contributed by atoms with van der Waals surface area (Å²) in [6, 6.07) is 0. The van der Waals surface area contributed by atoms with Crippen molar-refractivity contribution in [3.8, 4) is 0 Å². The first-order chi connectivity index (χ1) is 6.36. The van der Waals surface area contributed by atoms with E-state index in [1.807, 2.05) is 0 Å². The molecule has 0 saturated carbocycles. The van der Waals surface area contributed by atoms with Crippen molar-refractivity contribution < 1.29 is 0 Å². The van der Waals surface area contributed by atoms with Crippen LogP contribution in [-0.2, 0) is 0 Å². The summed E-state index contributed by atoms with van der Waals surface area (Å²) in [6.45, 7) is 10.0. The number of hydrogen-bond acceptors (Lipinski definition) is 2. The molecule has 0 aromatic rings. The monoisotopic (exact) mass is 200 g/mol. The second kappa shape index (κ2) is 6.57. The molecular formula is C10H24N2Si. The van der Waals surface area contributed by atoms with Crippen LogP contribution in [0, 0.1) is 0 Å². The van der Waals surface area contributed by atoms with Gasteiger partial charge in [-0.05, 0) is 25.9 Å². The summed E-state index contributed by atoms with van der Waals surface area (Å²) < 4.78 is 5.44. The van der Waals surface area contributed by atoms with Crippen molar-refractivity contribution in [1.29, 1.82) is 0 Å². The Morgan fingerprint density at radius 1 is 0.923 bits per heavy atom. The highest BCUT2D eigenvalue weighted by Gasteiger charge is 2.18. The van der Waals surface area contributed by atoms with Gasteiger partial charge < -0.3 is 9.13 Å². The van der Waals surface area contributed by atoms with Crippen LogP contribution >= 0.6 is 0 Å². The number of rotatable bonds is 6. The highest BCUT2D eigenvalue weighted by Crippen LogP contribution is 2.05. The lowest BCUT2D eigenvalue weighted by molar-refractivity contribution is 0.449. The van der Waals surface area contributed by atoms with Crippen LogP contribution in [0.2, 0.25) is 0 Å². The predicted octanol–water partition coefficient (Wildman–Crippen LogP) is 1.20. The summed E-state index contributed by atoms with van der Waals surface area (Å²) in [7, 11) is -0.00278. The Bertz CT molecular complexity index is 116. The molecule has 78 valence electrons. The third kappa shape index (κ3) is 4.25. The zero-order valence-corrected chi connectivity index (χ0v) is 10.7. The second-order valence-corrected chi connectivity index (χ2v) is 6.16. The van der Waals surface area contributed by atoms with Gasteiger partial charge in [-0.2, -0.15) is 0 Å². The van der Waals surface area contributed by atoms with E-state index in [1.165, 1.54) is 51.9 Å². The van der Waals surface area contributed by atoms with Gasteiger partial charge in [-0.3, -0.25) is 0 Å². The lowest BCUT2D eigenvalue weighted by atomic mass is 10.3. The molecule has 1 heterocycles. The van der Waals surface area contributed by atoms with Crippen LogP contribution in [0.1, 0.15) is 39.5 Å². The predicted molar refractivity (Wildman–Crippen MR) is 61.5 cm³/mol. The van der Waals surface area contributed by atoms with Crippen molar-refractivity contribution in [2.45, 2.75) is 39.5 Å². The molecule has 1 aliphatic heterocycles. The van der Waals surface area contributed by atoms with Crippen LogP contribution in [0.15, 0.2) is 0 Å². The molecule has 0 radical (unpaired) electrons. The van der Waals surface area contributed by atoms with E-state index < -0.39 is 0 Å². The SMILES string of the molecule is CCCCN1CCN(CCCC)[SiH2]1. The third-order valence-corrected chi connectivity index (χ3v) is 4.85. The lowest BCUT2D eigenvalue weighted by Gasteiger charge is -2.16. The first kappa shape index (κ1) is 11.2. The molecular weight excluding hydrogens is 176 g/mol. The van der Waals surface area contributed by atoms with Crippen molar-refractivity contribution in [3.05, 3.63) is 0 Å². The van der Waals surface area contributed by atoms with E-state index in [0.29, 0.717) is 0 Å². The Balaban J connectivity index is 2.05. The average Bonchev–Trinajstić information content (AvgIpc) is 2.59. The molecule has 1 aliphatic rings. The summed E-state index contributed by atoms with van der Waals surface area (Å²) in [5, 5.41) is 0. The third-order valence-electron chi connectivity index (χ3n) is 2.79. The van der Waals surface area contributed by atoms with E-state index in [4.69, 9.17) is 0 Å². The molecule has 0 aromatic heterocycles. The quantitative estimate of drug-likeness (QED) is 0.595. The van der Waals surface area contributed by atoms with Gasteiger partial charge in [-0.1, -0.05) is 26.7 Å². The summed E-state index contributed by atoms with van der Waals surface area (Å²) in [5.41, 5.74) is 0. The van der Waals surface area contributed by atoms with Crippen molar-refractivity contribution in [1.82, 2.24) is 9.13 Å². The maximum Gasteiger partial charge on any atom is 0.173 e. The topological polar surface area (TPSA) is 6.48 Å². The number of hydrogen-bond donors (Lipinski definition) is 0. The Labute approximate surface area is 85.3 Å². The largest absolute Gasteiger partial charge is 0.315 e. The highest BCUT2D eigenvalue weighted by atomic mass is 28.2. The number of nitrogens with zero attached hydrogens (tertiary/aromatic N) is 2. The minimum atomic E-state index is -0.00278. The van der Waals surface area contributed by atoms with Crippen LogP contribution < -0.4 is 0 Å². The summed E-state index contributed by atoms with van der Waals surface area (Å²) in [5.74, 6) is 0. The van der Waals surface area contributed by atoms with Crippen molar-refractivity contribution in [2.24, 2.45) is 0 Å². The minimum absolute atomic E-state index is 0.00278. The fourth-order valence-corrected chi connectivity index (χ4v) is 3.70. The maximum absolute atomic E-state index is 2.72. The normalized spacial score (nSPS) is 19.8. The van der Waals surface area contributed by atoms with E-state index in [1.54, 1.807) is 0 Å². The maximum atomic E-state index is 2.72.